The number of nitrogens with zero attached hydrogens (tertiary/aromatic N) is 2. The number of nitrogen functional groups attached to an aromatic ring is 1. The highest BCUT2D eigenvalue weighted by Gasteiger charge is 2.07. The zero-order chi connectivity index (χ0) is 11.7. The lowest BCUT2D eigenvalue weighted by Crippen LogP contribution is -1.98. The van der Waals surface area contributed by atoms with Gasteiger partial charge in [0.15, 0.2) is 5.95 Å². The van der Waals surface area contributed by atoms with Crippen molar-refractivity contribution in [1.82, 2.24) is 9.55 Å². The Morgan fingerprint density at radius 2 is 2.12 bits per heavy atom. The summed E-state index contributed by atoms with van der Waals surface area (Å²) in [4.78, 5) is 4.07. The summed E-state index contributed by atoms with van der Waals surface area (Å²) >= 11 is 0. The van der Waals surface area contributed by atoms with Crippen molar-refractivity contribution < 1.29 is 4.74 Å². The minimum absolute atomic E-state index is 0.517. The third-order valence-corrected chi connectivity index (χ3v) is 2.71. The van der Waals surface area contributed by atoms with Crippen molar-refractivity contribution in [2.75, 3.05) is 12.8 Å². The first-order valence-corrected chi connectivity index (χ1v) is 5.05. The molecule has 1 aromatic carbocycles. The molecular formula is C12H15N3O. The number of ether oxygens (including phenoxy) is 1. The zero-order valence-electron chi connectivity index (χ0n) is 9.69. The molecule has 0 saturated heterocycles. The SMILES string of the molecule is COc1ccc(-c2cnc(N)n2C)cc1C. The Bertz CT molecular complexity index is 517. The number of hydrogen-bond acceptors (Lipinski definition) is 3. The molecule has 0 radical (unpaired) electrons. The summed E-state index contributed by atoms with van der Waals surface area (Å²) in [6.07, 6.45) is 1.77. The maximum absolute atomic E-state index is 5.70. The Morgan fingerprint density at radius 3 is 2.62 bits per heavy atom. The van der Waals surface area contributed by atoms with Crippen LogP contribution < -0.4 is 10.5 Å². The number of aryl methyl sites for hydroxylation is 1. The quantitative estimate of drug-likeness (QED) is 0.836. The van der Waals surface area contributed by atoms with Gasteiger partial charge in [-0.2, -0.15) is 0 Å². The fourth-order valence-electron chi connectivity index (χ4n) is 1.73. The lowest BCUT2D eigenvalue weighted by Gasteiger charge is -2.08. The number of benzene rings is 1. The molecule has 4 nitrogen and oxygen atoms in total. The van der Waals surface area contributed by atoms with Crippen molar-refractivity contribution in [3.05, 3.63) is 30.0 Å². The van der Waals surface area contributed by atoms with Gasteiger partial charge < -0.3 is 15.0 Å². The lowest BCUT2D eigenvalue weighted by molar-refractivity contribution is 0.412. The van der Waals surface area contributed by atoms with E-state index in [-0.39, 0.29) is 0 Å². The molecule has 2 aromatic rings. The van der Waals surface area contributed by atoms with E-state index in [2.05, 4.69) is 11.1 Å². The van der Waals surface area contributed by atoms with Crippen LogP contribution in [0.15, 0.2) is 24.4 Å². The number of methoxy groups -OCH3 is 1. The van der Waals surface area contributed by atoms with Gasteiger partial charge in [0.1, 0.15) is 5.75 Å². The first-order valence-electron chi connectivity index (χ1n) is 5.05. The molecule has 84 valence electrons. The van der Waals surface area contributed by atoms with Crippen molar-refractivity contribution in [3.63, 3.8) is 0 Å². The highest BCUT2D eigenvalue weighted by atomic mass is 16.5. The molecule has 0 aliphatic carbocycles. The van der Waals surface area contributed by atoms with E-state index in [1.807, 2.05) is 30.7 Å². The minimum Gasteiger partial charge on any atom is -0.496 e. The molecule has 0 unspecified atom stereocenters. The summed E-state index contributed by atoms with van der Waals surface area (Å²) in [5.74, 6) is 1.40. The highest BCUT2D eigenvalue weighted by Crippen LogP contribution is 2.26. The number of anilines is 1. The predicted octanol–water partition coefficient (Wildman–Crippen LogP) is 1.99. The molecule has 0 bridgehead atoms. The first kappa shape index (κ1) is 10.5. The van der Waals surface area contributed by atoms with E-state index in [0.717, 1.165) is 22.6 Å². The Hall–Kier alpha value is -1.97. The molecule has 2 N–H and O–H groups in total. The molecule has 1 aromatic heterocycles. The average molecular weight is 217 g/mol. The molecule has 16 heavy (non-hydrogen) atoms. The molecule has 0 aliphatic heterocycles. The van der Waals surface area contributed by atoms with Crippen molar-refractivity contribution in [2.45, 2.75) is 6.92 Å². The molecule has 0 aliphatic rings. The Morgan fingerprint density at radius 1 is 1.38 bits per heavy atom. The Labute approximate surface area is 94.7 Å². The standard InChI is InChI=1S/C12H15N3O/c1-8-6-9(4-5-11(8)16-3)10-7-14-12(13)15(10)2/h4-7H,1-3H3,(H2,13,14). The van der Waals surface area contributed by atoms with Crippen LogP contribution in [0.1, 0.15) is 5.56 Å². The van der Waals surface area contributed by atoms with Crippen LogP contribution in [0, 0.1) is 6.92 Å². The third kappa shape index (κ3) is 1.62. The summed E-state index contributed by atoms with van der Waals surface area (Å²) in [7, 11) is 3.57. The van der Waals surface area contributed by atoms with Crippen LogP contribution in [-0.4, -0.2) is 16.7 Å². The maximum atomic E-state index is 5.70. The normalized spacial score (nSPS) is 10.4. The van der Waals surface area contributed by atoms with E-state index < -0.39 is 0 Å². The highest BCUT2D eigenvalue weighted by molar-refractivity contribution is 5.63. The van der Waals surface area contributed by atoms with Crippen LogP contribution >= 0.6 is 0 Å². The first-order chi connectivity index (χ1) is 7.63. The maximum Gasteiger partial charge on any atom is 0.200 e. The van der Waals surface area contributed by atoms with Gasteiger partial charge in [-0.05, 0) is 30.7 Å². The van der Waals surface area contributed by atoms with Crippen molar-refractivity contribution in [3.8, 4) is 17.0 Å². The van der Waals surface area contributed by atoms with Gasteiger partial charge in [0, 0.05) is 12.6 Å². The van der Waals surface area contributed by atoms with Gasteiger partial charge in [-0.3, -0.25) is 0 Å². The van der Waals surface area contributed by atoms with Crippen molar-refractivity contribution >= 4 is 5.95 Å². The zero-order valence-corrected chi connectivity index (χ0v) is 9.69. The summed E-state index contributed by atoms with van der Waals surface area (Å²) < 4.78 is 7.09. The van der Waals surface area contributed by atoms with Crippen molar-refractivity contribution in [1.29, 1.82) is 0 Å². The molecule has 0 saturated carbocycles. The Kier molecular flexibility index (Phi) is 2.56. The van der Waals surface area contributed by atoms with Gasteiger partial charge in [-0.15, -0.1) is 0 Å². The van der Waals surface area contributed by atoms with Crippen LogP contribution in [0.2, 0.25) is 0 Å². The second-order valence-electron chi connectivity index (χ2n) is 3.75. The molecule has 0 fully saturated rings. The van der Waals surface area contributed by atoms with E-state index in [9.17, 15) is 0 Å². The second kappa shape index (κ2) is 3.89. The molecule has 0 spiro atoms. The van der Waals surface area contributed by atoms with Gasteiger partial charge in [-0.25, -0.2) is 4.98 Å². The number of imidazole rings is 1. The van der Waals surface area contributed by atoms with E-state index in [4.69, 9.17) is 10.5 Å². The van der Waals surface area contributed by atoms with Crippen LogP contribution in [0.4, 0.5) is 5.95 Å². The largest absolute Gasteiger partial charge is 0.496 e. The monoisotopic (exact) mass is 217 g/mol. The van der Waals surface area contributed by atoms with Crippen LogP contribution in [0.3, 0.4) is 0 Å². The van der Waals surface area contributed by atoms with E-state index in [0.29, 0.717) is 5.95 Å². The lowest BCUT2D eigenvalue weighted by atomic mass is 10.1. The molecule has 0 atom stereocenters. The van der Waals surface area contributed by atoms with Crippen LogP contribution in [0.5, 0.6) is 5.75 Å². The summed E-state index contributed by atoms with van der Waals surface area (Å²) in [5.41, 5.74) is 8.89. The van der Waals surface area contributed by atoms with Crippen LogP contribution in [-0.2, 0) is 7.05 Å². The topological polar surface area (TPSA) is 53.1 Å². The number of hydrogen-bond donors (Lipinski definition) is 1. The summed E-state index contributed by atoms with van der Waals surface area (Å²) in [6.45, 7) is 2.02. The number of nitrogens with two attached hydrogens (primary N) is 1. The fraction of sp³-hybridized carbons (Fsp3) is 0.250. The van der Waals surface area contributed by atoms with E-state index in [1.54, 1.807) is 13.3 Å². The average Bonchev–Trinajstić information content (AvgIpc) is 2.60. The van der Waals surface area contributed by atoms with Gasteiger partial charge in [-0.1, -0.05) is 0 Å². The van der Waals surface area contributed by atoms with Gasteiger partial charge in [0.25, 0.3) is 0 Å². The van der Waals surface area contributed by atoms with Gasteiger partial charge in [0.05, 0.1) is 19.0 Å². The molecule has 2 rings (SSSR count). The van der Waals surface area contributed by atoms with Gasteiger partial charge >= 0.3 is 0 Å². The molecular weight excluding hydrogens is 202 g/mol. The smallest absolute Gasteiger partial charge is 0.200 e. The van der Waals surface area contributed by atoms with Gasteiger partial charge in [0.2, 0.25) is 0 Å². The van der Waals surface area contributed by atoms with Crippen molar-refractivity contribution in [2.24, 2.45) is 7.05 Å². The fourth-order valence-corrected chi connectivity index (χ4v) is 1.73. The molecule has 1 heterocycles. The third-order valence-electron chi connectivity index (χ3n) is 2.71. The summed E-state index contributed by atoms with van der Waals surface area (Å²) in [5, 5.41) is 0. The molecule has 4 heteroatoms. The Balaban J connectivity index is 2.49. The van der Waals surface area contributed by atoms with Crippen LogP contribution in [0.25, 0.3) is 11.3 Å². The molecule has 0 amide bonds. The minimum atomic E-state index is 0.517. The summed E-state index contributed by atoms with van der Waals surface area (Å²) in [6, 6.07) is 6.02. The predicted molar refractivity (Wildman–Crippen MR) is 64.3 cm³/mol. The van der Waals surface area contributed by atoms with E-state index >= 15 is 0 Å². The number of rotatable bonds is 2. The second-order valence-corrected chi connectivity index (χ2v) is 3.75. The number of aromatic nitrogens is 2. The van der Waals surface area contributed by atoms with E-state index in [1.165, 1.54) is 0 Å².